The van der Waals surface area contributed by atoms with E-state index in [1.54, 1.807) is 23.0 Å². The fraction of sp³-hybridized carbons (Fsp3) is 0.227. The third-order valence-electron chi connectivity index (χ3n) is 5.46. The average molecular weight is 406 g/mol. The maximum absolute atomic E-state index is 13.4. The van der Waals surface area contributed by atoms with Gasteiger partial charge >= 0.3 is 0 Å². The van der Waals surface area contributed by atoms with Crippen LogP contribution in [0.4, 0.5) is 5.95 Å². The summed E-state index contributed by atoms with van der Waals surface area (Å²) in [5.74, 6) is 0.634. The molecule has 2 aromatic carbocycles. The van der Waals surface area contributed by atoms with Crippen molar-refractivity contribution in [3.05, 3.63) is 81.4 Å². The van der Waals surface area contributed by atoms with Crippen LogP contribution >= 0.6 is 11.6 Å². The molecule has 146 valence electrons. The molecule has 6 nitrogen and oxygen atoms in total. The Bertz CT molecular complexity index is 1260. The highest BCUT2D eigenvalue weighted by molar-refractivity contribution is 6.30. The van der Waals surface area contributed by atoms with E-state index in [0.717, 1.165) is 18.7 Å². The lowest BCUT2D eigenvalue weighted by molar-refractivity contribution is 0.688. The van der Waals surface area contributed by atoms with E-state index in [2.05, 4.69) is 34.1 Å². The van der Waals surface area contributed by atoms with Crippen molar-refractivity contribution < 1.29 is 0 Å². The number of aromatic nitrogens is 4. The fourth-order valence-corrected chi connectivity index (χ4v) is 4.04. The first-order valence-corrected chi connectivity index (χ1v) is 10.1. The molecular formula is C22H20ClN5O. The Morgan fingerprint density at radius 1 is 1.07 bits per heavy atom. The van der Waals surface area contributed by atoms with Gasteiger partial charge in [-0.25, -0.2) is 9.55 Å². The standard InChI is InChI=1S/C22H20ClN5O/c1-2-26-14-24-19-20(26)25-22(27-12-11-15-5-3-4-6-16(15)13-27)28(21(19)29)18-9-7-17(23)8-10-18/h3-10,14H,2,11-13H2,1H3. The number of rotatable bonds is 3. The van der Waals surface area contributed by atoms with Gasteiger partial charge in [-0.15, -0.1) is 0 Å². The Morgan fingerprint density at radius 3 is 2.59 bits per heavy atom. The van der Waals surface area contributed by atoms with Crippen LogP contribution in [0.1, 0.15) is 18.1 Å². The summed E-state index contributed by atoms with van der Waals surface area (Å²) in [6.07, 6.45) is 2.60. The number of imidazole rings is 1. The smallest absolute Gasteiger partial charge is 0.287 e. The number of nitrogens with zero attached hydrogens (tertiary/aromatic N) is 5. The number of benzene rings is 2. The lowest BCUT2D eigenvalue weighted by atomic mass is 10.0. The van der Waals surface area contributed by atoms with E-state index in [1.165, 1.54) is 11.1 Å². The molecule has 1 aliphatic heterocycles. The first-order valence-electron chi connectivity index (χ1n) is 9.71. The molecule has 3 heterocycles. The third-order valence-corrected chi connectivity index (χ3v) is 5.71. The molecule has 29 heavy (non-hydrogen) atoms. The summed E-state index contributed by atoms with van der Waals surface area (Å²) < 4.78 is 3.56. The predicted octanol–water partition coefficient (Wildman–Crippen LogP) is 3.82. The van der Waals surface area contributed by atoms with E-state index in [0.29, 0.717) is 35.2 Å². The van der Waals surface area contributed by atoms with E-state index in [9.17, 15) is 4.79 Å². The summed E-state index contributed by atoms with van der Waals surface area (Å²) in [6, 6.07) is 15.7. The molecule has 0 bridgehead atoms. The van der Waals surface area contributed by atoms with Gasteiger partial charge in [-0.1, -0.05) is 35.9 Å². The maximum Gasteiger partial charge on any atom is 0.287 e. The Hall–Kier alpha value is -3.12. The largest absolute Gasteiger partial charge is 0.337 e. The second-order valence-electron chi connectivity index (χ2n) is 7.17. The SMILES string of the molecule is CCn1cnc2c(=O)n(-c3ccc(Cl)cc3)c(N3CCc4ccccc4C3)nc21. The number of hydrogen-bond acceptors (Lipinski definition) is 4. The van der Waals surface area contributed by atoms with Crippen LogP contribution in [-0.4, -0.2) is 25.6 Å². The topological polar surface area (TPSA) is 56.0 Å². The zero-order chi connectivity index (χ0) is 20.0. The van der Waals surface area contributed by atoms with Crippen molar-refractivity contribution in [2.24, 2.45) is 0 Å². The van der Waals surface area contributed by atoms with Gasteiger partial charge < -0.3 is 9.47 Å². The van der Waals surface area contributed by atoms with Crippen molar-refractivity contribution in [1.29, 1.82) is 0 Å². The van der Waals surface area contributed by atoms with Crippen LogP contribution in [0.25, 0.3) is 16.9 Å². The number of aryl methyl sites for hydroxylation is 1. The highest BCUT2D eigenvalue weighted by atomic mass is 35.5. The molecule has 2 aromatic heterocycles. The zero-order valence-electron chi connectivity index (χ0n) is 16.0. The first kappa shape index (κ1) is 17.9. The summed E-state index contributed by atoms with van der Waals surface area (Å²) in [5, 5.41) is 0.625. The Labute approximate surface area is 173 Å². The van der Waals surface area contributed by atoms with Crippen molar-refractivity contribution in [3.8, 4) is 5.69 Å². The van der Waals surface area contributed by atoms with Crippen LogP contribution in [0.15, 0.2) is 59.7 Å². The number of fused-ring (bicyclic) bond motifs is 2. The molecule has 0 spiro atoms. The van der Waals surface area contributed by atoms with Gasteiger partial charge in [-0.05, 0) is 48.7 Å². The van der Waals surface area contributed by atoms with Gasteiger partial charge in [0.2, 0.25) is 5.95 Å². The van der Waals surface area contributed by atoms with E-state index < -0.39 is 0 Å². The molecule has 1 aliphatic rings. The quantitative estimate of drug-likeness (QED) is 0.520. The lowest BCUT2D eigenvalue weighted by Gasteiger charge is -2.31. The number of anilines is 1. The van der Waals surface area contributed by atoms with E-state index in [1.807, 2.05) is 23.6 Å². The molecule has 0 radical (unpaired) electrons. The Morgan fingerprint density at radius 2 is 1.83 bits per heavy atom. The van der Waals surface area contributed by atoms with Crippen molar-refractivity contribution in [1.82, 2.24) is 19.1 Å². The van der Waals surface area contributed by atoms with Crippen LogP contribution < -0.4 is 10.5 Å². The molecule has 0 N–H and O–H groups in total. The summed E-state index contributed by atoms with van der Waals surface area (Å²) in [4.78, 5) is 24.9. The highest BCUT2D eigenvalue weighted by Gasteiger charge is 2.24. The third kappa shape index (κ3) is 3.00. The minimum Gasteiger partial charge on any atom is -0.337 e. The molecule has 0 atom stereocenters. The second-order valence-corrected chi connectivity index (χ2v) is 7.61. The molecule has 0 amide bonds. The molecular weight excluding hydrogens is 386 g/mol. The van der Waals surface area contributed by atoms with Gasteiger partial charge in [0.05, 0.1) is 12.0 Å². The fourth-order valence-electron chi connectivity index (χ4n) is 3.92. The van der Waals surface area contributed by atoms with E-state index >= 15 is 0 Å². The second kappa shape index (κ2) is 7.04. The van der Waals surface area contributed by atoms with Crippen molar-refractivity contribution in [2.45, 2.75) is 26.4 Å². The van der Waals surface area contributed by atoms with E-state index in [4.69, 9.17) is 16.6 Å². The molecule has 0 fully saturated rings. The number of halogens is 1. The molecule has 0 unspecified atom stereocenters. The molecule has 7 heteroatoms. The van der Waals surface area contributed by atoms with Crippen molar-refractivity contribution >= 4 is 28.7 Å². The predicted molar refractivity (Wildman–Crippen MR) is 115 cm³/mol. The maximum atomic E-state index is 13.4. The zero-order valence-corrected chi connectivity index (χ0v) is 16.8. The summed E-state index contributed by atoms with van der Waals surface area (Å²) in [5.41, 5.74) is 4.18. The lowest BCUT2D eigenvalue weighted by Crippen LogP contribution is -2.36. The van der Waals surface area contributed by atoms with Gasteiger partial charge in [0.1, 0.15) is 0 Å². The van der Waals surface area contributed by atoms with Gasteiger partial charge in [0.25, 0.3) is 5.56 Å². The molecule has 0 aliphatic carbocycles. The van der Waals surface area contributed by atoms with Gasteiger partial charge in [0.15, 0.2) is 11.2 Å². The summed E-state index contributed by atoms with van der Waals surface area (Å²) in [6.45, 7) is 4.23. The summed E-state index contributed by atoms with van der Waals surface area (Å²) in [7, 11) is 0. The average Bonchev–Trinajstić information content (AvgIpc) is 3.17. The molecule has 4 aromatic rings. The van der Waals surface area contributed by atoms with Crippen LogP contribution in [0.3, 0.4) is 0 Å². The van der Waals surface area contributed by atoms with Crippen molar-refractivity contribution in [3.63, 3.8) is 0 Å². The van der Waals surface area contributed by atoms with Crippen LogP contribution in [0.5, 0.6) is 0 Å². The van der Waals surface area contributed by atoms with Gasteiger partial charge in [-0.2, -0.15) is 4.98 Å². The van der Waals surface area contributed by atoms with Crippen LogP contribution in [0.2, 0.25) is 5.02 Å². The van der Waals surface area contributed by atoms with Crippen molar-refractivity contribution in [2.75, 3.05) is 11.4 Å². The van der Waals surface area contributed by atoms with Gasteiger partial charge in [-0.3, -0.25) is 4.79 Å². The molecule has 0 saturated heterocycles. The van der Waals surface area contributed by atoms with Gasteiger partial charge in [0, 0.05) is 24.7 Å². The Kier molecular flexibility index (Phi) is 4.36. The summed E-state index contributed by atoms with van der Waals surface area (Å²) >= 11 is 6.07. The van der Waals surface area contributed by atoms with Crippen LogP contribution in [0, 0.1) is 0 Å². The highest BCUT2D eigenvalue weighted by Crippen LogP contribution is 2.26. The van der Waals surface area contributed by atoms with E-state index in [-0.39, 0.29) is 5.56 Å². The monoisotopic (exact) mass is 405 g/mol. The molecule has 0 saturated carbocycles. The minimum atomic E-state index is -0.168. The minimum absolute atomic E-state index is 0.168. The number of hydrogen-bond donors (Lipinski definition) is 0. The Balaban J connectivity index is 1.73. The molecule has 5 rings (SSSR count). The first-order chi connectivity index (χ1) is 14.2. The normalized spacial score (nSPS) is 13.7. The van der Waals surface area contributed by atoms with Crippen LogP contribution in [-0.2, 0) is 19.5 Å².